The average molecular weight is 202 g/mol. The Bertz CT molecular complexity index is 301. The summed E-state index contributed by atoms with van der Waals surface area (Å²) in [5.74, 6) is 1.05. The van der Waals surface area contributed by atoms with Crippen molar-refractivity contribution in [3.05, 3.63) is 5.28 Å². The van der Waals surface area contributed by atoms with Gasteiger partial charge in [0.05, 0.1) is 6.67 Å². The van der Waals surface area contributed by atoms with E-state index in [2.05, 4.69) is 20.6 Å². The lowest BCUT2D eigenvalue weighted by molar-refractivity contribution is 1.19. The molecular formula is C7H12ClN5. The zero-order valence-corrected chi connectivity index (χ0v) is 8.31. The normalized spacial score (nSPS) is 11.9. The minimum absolute atomic E-state index is 0.164. The smallest absolute Gasteiger partial charge is 0.226 e. The molecule has 0 atom stereocenters. The zero-order chi connectivity index (χ0) is 9.84. The van der Waals surface area contributed by atoms with E-state index in [0.29, 0.717) is 18.3 Å². The number of anilines is 3. The first kappa shape index (κ1) is 9.85. The van der Waals surface area contributed by atoms with Crippen LogP contribution in [0.1, 0.15) is 13.8 Å². The van der Waals surface area contributed by atoms with E-state index >= 15 is 0 Å². The first-order valence-corrected chi connectivity index (χ1v) is 4.46. The summed E-state index contributed by atoms with van der Waals surface area (Å²) in [6, 6.07) is 0. The number of nitrogen functional groups attached to an aromatic ring is 1. The highest BCUT2D eigenvalue weighted by Gasteiger charge is 2.15. The van der Waals surface area contributed by atoms with Crippen LogP contribution in [0.15, 0.2) is 0 Å². The minimum Gasteiger partial charge on any atom is -0.382 e. The van der Waals surface area contributed by atoms with Crippen molar-refractivity contribution in [2.45, 2.75) is 13.8 Å². The van der Waals surface area contributed by atoms with E-state index in [-0.39, 0.29) is 5.28 Å². The molecule has 0 spiro atoms. The molecule has 72 valence electrons. The summed E-state index contributed by atoms with van der Waals surface area (Å²) in [6.07, 6.45) is 0. The van der Waals surface area contributed by atoms with Gasteiger partial charge in [0.15, 0.2) is 11.6 Å². The SMILES string of the molecule is CC.Nc1nc(Cl)nc2c1NCN2. The number of fused-ring (bicyclic) bond motifs is 1. The van der Waals surface area contributed by atoms with Crippen LogP contribution in [0.2, 0.25) is 5.28 Å². The molecule has 1 aliphatic rings. The maximum atomic E-state index is 5.56. The lowest BCUT2D eigenvalue weighted by Crippen LogP contribution is -2.00. The van der Waals surface area contributed by atoms with Crippen LogP contribution in [0, 0.1) is 0 Å². The van der Waals surface area contributed by atoms with Crippen LogP contribution >= 0.6 is 11.6 Å². The molecule has 0 saturated carbocycles. The predicted octanol–water partition coefficient (Wildman–Crippen LogP) is 1.53. The minimum atomic E-state index is 0.164. The molecule has 0 unspecified atom stereocenters. The molecule has 13 heavy (non-hydrogen) atoms. The second kappa shape index (κ2) is 4.13. The lowest BCUT2D eigenvalue weighted by Gasteiger charge is -2.00. The molecule has 6 heteroatoms. The fraction of sp³-hybridized carbons (Fsp3) is 0.429. The van der Waals surface area contributed by atoms with Gasteiger partial charge in [-0.1, -0.05) is 13.8 Å². The summed E-state index contributed by atoms with van der Waals surface area (Å²) in [5, 5.41) is 6.10. The number of nitrogens with zero attached hydrogens (tertiary/aromatic N) is 2. The first-order valence-electron chi connectivity index (χ1n) is 4.08. The maximum Gasteiger partial charge on any atom is 0.226 e. The quantitative estimate of drug-likeness (QED) is 0.555. The number of nitrogens with two attached hydrogens (primary N) is 1. The molecule has 0 bridgehead atoms. The first-order chi connectivity index (χ1) is 6.27. The van der Waals surface area contributed by atoms with Crippen molar-refractivity contribution in [3.8, 4) is 0 Å². The number of halogens is 1. The van der Waals surface area contributed by atoms with Gasteiger partial charge in [0.1, 0.15) is 5.69 Å². The number of aromatic nitrogens is 2. The van der Waals surface area contributed by atoms with Crippen LogP contribution in [0.5, 0.6) is 0 Å². The van der Waals surface area contributed by atoms with Gasteiger partial charge in [-0.2, -0.15) is 9.97 Å². The van der Waals surface area contributed by atoms with Gasteiger partial charge >= 0.3 is 0 Å². The van der Waals surface area contributed by atoms with Crippen molar-refractivity contribution in [1.82, 2.24) is 9.97 Å². The predicted molar refractivity (Wildman–Crippen MR) is 54.9 cm³/mol. The Morgan fingerprint density at radius 2 is 2.00 bits per heavy atom. The van der Waals surface area contributed by atoms with Crippen LogP contribution in [0.3, 0.4) is 0 Å². The van der Waals surface area contributed by atoms with Crippen molar-refractivity contribution in [2.24, 2.45) is 0 Å². The monoisotopic (exact) mass is 201 g/mol. The Kier molecular flexibility index (Phi) is 3.13. The van der Waals surface area contributed by atoms with Gasteiger partial charge in [0.2, 0.25) is 5.28 Å². The summed E-state index contributed by atoms with van der Waals surface area (Å²) < 4.78 is 0. The van der Waals surface area contributed by atoms with Crippen LogP contribution in [-0.2, 0) is 0 Å². The van der Waals surface area contributed by atoms with Crippen molar-refractivity contribution in [1.29, 1.82) is 0 Å². The van der Waals surface area contributed by atoms with E-state index in [0.717, 1.165) is 5.69 Å². The fourth-order valence-electron chi connectivity index (χ4n) is 0.968. The molecule has 0 radical (unpaired) electrons. The molecule has 0 aliphatic carbocycles. The Hall–Kier alpha value is -1.23. The van der Waals surface area contributed by atoms with Crippen LogP contribution in [0.25, 0.3) is 0 Å². The number of hydrogen-bond acceptors (Lipinski definition) is 5. The highest BCUT2D eigenvalue weighted by Crippen LogP contribution is 2.29. The van der Waals surface area contributed by atoms with E-state index in [1.165, 1.54) is 0 Å². The number of rotatable bonds is 0. The maximum absolute atomic E-state index is 5.56. The van der Waals surface area contributed by atoms with Gasteiger partial charge in [-0.3, -0.25) is 0 Å². The van der Waals surface area contributed by atoms with Crippen molar-refractivity contribution < 1.29 is 0 Å². The third-order valence-corrected chi connectivity index (χ3v) is 1.60. The molecule has 0 amide bonds. The van der Waals surface area contributed by atoms with Crippen molar-refractivity contribution in [2.75, 3.05) is 23.0 Å². The van der Waals surface area contributed by atoms with Crippen molar-refractivity contribution >= 4 is 28.9 Å². The van der Waals surface area contributed by atoms with E-state index in [1.807, 2.05) is 13.8 Å². The average Bonchev–Trinajstić information content (AvgIpc) is 2.55. The molecule has 0 fully saturated rings. The Morgan fingerprint density at radius 3 is 2.69 bits per heavy atom. The molecule has 0 aromatic carbocycles. The van der Waals surface area contributed by atoms with Gasteiger partial charge in [-0.05, 0) is 11.6 Å². The van der Waals surface area contributed by atoms with E-state index in [1.54, 1.807) is 0 Å². The topological polar surface area (TPSA) is 75.9 Å². The third-order valence-electron chi connectivity index (χ3n) is 1.43. The summed E-state index contributed by atoms with van der Waals surface area (Å²) in [6.45, 7) is 4.62. The van der Waals surface area contributed by atoms with Gasteiger partial charge in [0.25, 0.3) is 0 Å². The second-order valence-electron chi connectivity index (χ2n) is 2.13. The largest absolute Gasteiger partial charge is 0.382 e. The Balaban J connectivity index is 0.000000396. The summed E-state index contributed by atoms with van der Waals surface area (Å²) in [7, 11) is 0. The number of nitrogens with one attached hydrogen (secondary N) is 2. The van der Waals surface area contributed by atoms with Gasteiger partial charge in [-0.15, -0.1) is 0 Å². The van der Waals surface area contributed by atoms with Gasteiger partial charge < -0.3 is 16.4 Å². The molecule has 2 heterocycles. The highest BCUT2D eigenvalue weighted by molar-refractivity contribution is 6.28. The zero-order valence-electron chi connectivity index (χ0n) is 7.56. The molecule has 4 N–H and O–H groups in total. The Morgan fingerprint density at radius 1 is 1.31 bits per heavy atom. The third kappa shape index (κ3) is 1.92. The molecule has 1 aliphatic heterocycles. The number of hydrogen-bond donors (Lipinski definition) is 3. The summed E-state index contributed by atoms with van der Waals surface area (Å²) in [4.78, 5) is 7.69. The summed E-state index contributed by atoms with van der Waals surface area (Å²) in [5.41, 5.74) is 6.27. The second-order valence-corrected chi connectivity index (χ2v) is 2.47. The lowest BCUT2D eigenvalue weighted by atomic mass is 10.4. The highest BCUT2D eigenvalue weighted by atomic mass is 35.5. The summed E-state index contributed by atoms with van der Waals surface area (Å²) >= 11 is 5.56. The van der Waals surface area contributed by atoms with Gasteiger partial charge in [-0.25, -0.2) is 0 Å². The van der Waals surface area contributed by atoms with Crippen LogP contribution in [0.4, 0.5) is 17.3 Å². The molecule has 1 aromatic heterocycles. The van der Waals surface area contributed by atoms with Gasteiger partial charge in [0, 0.05) is 0 Å². The molecule has 0 saturated heterocycles. The van der Waals surface area contributed by atoms with E-state index in [9.17, 15) is 0 Å². The van der Waals surface area contributed by atoms with Crippen molar-refractivity contribution in [3.63, 3.8) is 0 Å². The van der Waals surface area contributed by atoms with Crippen LogP contribution in [-0.4, -0.2) is 16.6 Å². The molecule has 2 rings (SSSR count). The molecule has 1 aromatic rings. The molecule has 5 nitrogen and oxygen atoms in total. The van der Waals surface area contributed by atoms with Crippen LogP contribution < -0.4 is 16.4 Å². The Labute approximate surface area is 81.7 Å². The molecular weight excluding hydrogens is 190 g/mol. The van der Waals surface area contributed by atoms with E-state index in [4.69, 9.17) is 17.3 Å². The standard InChI is InChI=1S/C5H6ClN5.C2H6/c6-5-10-3(7)2-4(11-5)9-1-8-2;1-2/h8H,1H2,(H3,7,9,10,11);1-2H3. The fourth-order valence-corrected chi connectivity index (χ4v) is 1.14. The van der Waals surface area contributed by atoms with E-state index < -0.39 is 0 Å².